The summed E-state index contributed by atoms with van der Waals surface area (Å²) in [5.41, 5.74) is 2.70. The zero-order valence-corrected chi connectivity index (χ0v) is 12.5. The predicted molar refractivity (Wildman–Crippen MR) is 79.8 cm³/mol. The molecular weight excluding hydrogens is 284 g/mol. The number of nitrogens with zero attached hydrogens (tertiary/aromatic N) is 1. The molecule has 0 aliphatic carbocycles. The molecule has 2 rings (SSSR count). The molecule has 0 atom stereocenters. The van der Waals surface area contributed by atoms with Gasteiger partial charge in [0.1, 0.15) is 5.76 Å². The summed E-state index contributed by atoms with van der Waals surface area (Å²) in [4.78, 5) is 22.8. The van der Waals surface area contributed by atoms with E-state index >= 15 is 0 Å². The summed E-state index contributed by atoms with van der Waals surface area (Å²) >= 11 is 0. The van der Waals surface area contributed by atoms with Gasteiger partial charge in [-0.25, -0.2) is 4.79 Å². The summed E-state index contributed by atoms with van der Waals surface area (Å²) in [5, 5.41) is 15.6. The highest BCUT2D eigenvalue weighted by Crippen LogP contribution is 2.12. The summed E-state index contributed by atoms with van der Waals surface area (Å²) < 4.78 is 5.07. The lowest BCUT2D eigenvalue weighted by Gasteiger charge is -2.06. The van der Waals surface area contributed by atoms with Crippen LogP contribution in [0, 0.1) is 13.8 Å². The van der Waals surface area contributed by atoms with Crippen LogP contribution in [0.3, 0.4) is 0 Å². The third-order valence-electron chi connectivity index (χ3n) is 3.42. The lowest BCUT2D eigenvalue weighted by molar-refractivity contribution is -0.120. The molecule has 0 unspecified atom stereocenters. The van der Waals surface area contributed by atoms with Gasteiger partial charge in [0.25, 0.3) is 0 Å². The molecule has 0 saturated heterocycles. The SMILES string of the molecule is Cc1noc(C)c1CCNC(=O)Cc1cccc(C(=O)O)c1. The highest BCUT2D eigenvalue weighted by molar-refractivity contribution is 5.88. The molecule has 0 aliphatic heterocycles. The second-order valence-corrected chi connectivity index (χ2v) is 5.08. The van der Waals surface area contributed by atoms with Gasteiger partial charge in [0.05, 0.1) is 17.7 Å². The maximum absolute atomic E-state index is 11.9. The van der Waals surface area contributed by atoms with Gasteiger partial charge in [0.15, 0.2) is 0 Å². The number of carboxylic acids is 1. The van der Waals surface area contributed by atoms with Crippen molar-refractivity contribution in [1.29, 1.82) is 0 Å². The van der Waals surface area contributed by atoms with Crippen LogP contribution < -0.4 is 5.32 Å². The van der Waals surface area contributed by atoms with Crippen LogP contribution in [0.1, 0.15) is 32.9 Å². The van der Waals surface area contributed by atoms with E-state index in [1.165, 1.54) is 12.1 Å². The zero-order chi connectivity index (χ0) is 16.1. The van der Waals surface area contributed by atoms with E-state index in [9.17, 15) is 9.59 Å². The number of nitrogens with one attached hydrogen (secondary N) is 1. The smallest absolute Gasteiger partial charge is 0.335 e. The number of rotatable bonds is 6. The Morgan fingerprint density at radius 1 is 1.32 bits per heavy atom. The highest BCUT2D eigenvalue weighted by Gasteiger charge is 2.10. The Bertz CT molecular complexity index is 672. The van der Waals surface area contributed by atoms with Gasteiger partial charge in [-0.05, 0) is 38.0 Å². The second-order valence-electron chi connectivity index (χ2n) is 5.08. The molecule has 116 valence electrons. The van der Waals surface area contributed by atoms with Crippen LogP contribution in [0.5, 0.6) is 0 Å². The van der Waals surface area contributed by atoms with E-state index < -0.39 is 5.97 Å². The Balaban J connectivity index is 1.86. The standard InChI is InChI=1S/C16H18N2O4/c1-10-14(11(2)22-18-10)6-7-17-15(19)9-12-4-3-5-13(8-12)16(20)21/h3-5,8H,6-7,9H2,1-2H3,(H,17,19)(H,20,21). The molecule has 0 fully saturated rings. The van der Waals surface area contributed by atoms with E-state index in [1.54, 1.807) is 12.1 Å². The lowest BCUT2D eigenvalue weighted by atomic mass is 10.1. The number of hydrogen-bond acceptors (Lipinski definition) is 4. The number of benzene rings is 1. The molecule has 2 N–H and O–H groups in total. The van der Waals surface area contributed by atoms with Crippen molar-refractivity contribution >= 4 is 11.9 Å². The topological polar surface area (TPSA) is 92.4 Å². The number of aromatic carboxylic acids is 1. The van der Waals surface area contributed by atoms with E-state index in [2.05, 4.69) is 10.5 Å². The van der Waals surface area contributed by atoms with Crippen molar-refractivity contribution < 1.29 is 19.2 Å². The number of carbonyl (C=O) groups excluding carboxylic acids is 1. The number of aromatic nitrogens is 1. The van der Waals surface area contributed by atoms with Crippen molar-refractivity contribution in [2.75, 3.05) is 6.54 Å². The Hall–Kier alpha value is -2.63. The van der Waals surface area contributed by atoms with Crippen molar-refractivity contribution in [3.8, 4) is 0 Å². The van der Waals surface area contributed by atoms with Crippen molar-refractivity contribution in [2.24, 2.45) is 0 Å². The number of carbonyl (C=O) groups is 2. The largest absolute Gasteiger partial charge is 0.478 e. The van der Waals surface area contributed by atoms with Gasteiger partial charge in [0, 0.05) is 12.1 Å². The molecule has 2 aromatic rings. The molecule has 0 aliphatic rings. The molecule has 1 amide bonds. The summed E-state index contributed by atoms with van der Waals surface area (Å²) in [5.74, 6) is -0.379. The third kappa shape index (κ3) is 3.94. The molecule has 6 nitrogen and oxygen atoms in total. The minimum atomic E-state index is -0.999. The van der Waals surface area contributed by atoms with E-state index in [0.29, 0.717) is 18.5 Å². The Morgan fingerprint density at radius 2 is 2.09 bits per heavy atom. The fraction of sp³-hybridized carbons (Fsp3) is 0.312. The average molecular weight is 302 g/mol. The van der Waals surface area contributed by atoms with Gasteiger partial charge in [0.2, 0.25) is 5.91 Å². The number of amides is 1. The summed E-state index contributed by atoms with van der Waals surface area (Å²) in [6, 6.07) is 6.38. The highest BCUT2D eigenvalue weighted by atomic mass is 16.5. The van der Waals surface area contributed by atoms with Crippen LogP contribution in [0.2, 0.25) is 0 Å². The van der Waals surface area contributed by atoms with E-state index in [4.69, 9.17) is 9.63 Å². The van der Waals surface area contributed by atoms with Crippen molar-refractivity contribution in [2.45, 2.75) is 26.7 Å². The molecule has 22 heavy (non-hydrogen) atoms. The van der Waals surface area contributed by atoms with Crippen molar-refractivity contribution in [3.05, 3.63) is 52.4 Å². The minimum absolute atomic E-state index is 0.144. The minimum Gasteiger partial charge on any atom is -0.478 e. The van der Waals surface area contributed by atoms with Gasteiger partial charge >= 0.3 is 5.97 Å². The van der Waals surface area contributed by atoms with Gasteiger partial charge in [-0.1, -0.05) is 17.3 Å². The fourth-order valence-electron chi connectivity index (χ4n) is 2.25. The van der Waals surface area contributed by atoms with Crippen molar-refractivity contribution in [3.63, 3.8) is 0 Å². The van der Waals surface area contributed by atoms with Gasteiger partial charge < -0.3 is 14.9 Å². The molecular formula is C16H18N2O4. The molecule has 1 aromatic carbocycles. The summed E-state index contributed by atoms with van der Waals surface area (Å²) in [7, 11) is 0. The first-order chi connectivity index (χ1) is 10.5. The first-order valence-corrected chi connectivity index (χ1v) is 6.98. The quantitative estimate of drug-likeness (QED) is 0.850. The maximum Gasteiger partial charge on any atom is 0.335 e. The van der Waals surface area contributed by atoms with Gasteiger partial charge in [-0.2, -0.15) is 0 Å². The molecule has 1 aromatic heterocycles. The first kappa shape index (κ1) is 15.8. The molecule has 0 saturated carbocycles. The maximum atomic E-state index is 11.9. The normalized spacial score (nSPS) is 10.5. The van der Waals surface area contributed by atoms with Crippen LogP contribution in [0.4, 0.5) is 0 Å². The second kappa shape index (κ2) is 6.89. The Morgan fingerprint density at radius 3 is 2.73 bits per heavy atom. The fourth-order valence-corrected chi connectivity index (χ4v) is 2.25. The number of carboxylic acid groups (broad SMARTS) is 1. The third-order valence-corrected chi connectivity index (χ3v) is 3.42. The van der Waals surface area contributed by atoms with E-state index in [0.717, 1.165) is 17.0 Å². The Kier molecular flexibility index (Phi) is 4.93. The van der Waals surface area contributed by atoms with Crippen LogP contribution in [0.15, 0.2) is 28.8 Å². The summed E-state index contributed by atoms with van der Waals surface area (Å²) in [6.07, 6.45) is 0.810. The summed E-state index contributed by atoms with van der Waals surface area (Å²) in [6.45, 7) is 4.19. The molecule has 0 radical (unpaired) electrons. The van der Waals surface area contributed by atoms with Crippen molar-refractivity contribution in [1.82, 2.24) is 10.5 Å². The molecule has 6 heteroatoms. The Labute approximate surface area is 128 Å². The van der Waals surface area contributed by atoms with Gasteiger partial charge in [-0.3, -0.25) is 4.79 Å². The average Bonchev–Trinajstić information content (AvgIpc) is 2.79. The molecule has 1 heterocycles. The monoisotopic (exact) mass is 302 g/mol. The molecule has 0 spiro atoms. The van der Waals surface area contributed by atoms with Gasteiger partial charge in [-0.15, -0.1) is 0 Å². The van der Waals surface area contributed by atoms with Crippen LogP contribution in [0.25, 0.3) is 0 Å². The lowest BCUT2D eigenvalue weighted by Crippen LogP contribution is -2.27. The predicted octanol–water partition coefficient (Wildman–Crippen LogP) is 1.89. The molecule has 0 bridgehead atoms. The number of hydrogen-bond donors (Lipinski definition) is 2. The number of aryl methyl sites for hydroxylation is 2. The van der Waals surface area contributed by atoms with E-state index in [1.807, 2.05) is 13.8 Å². The first-order valence-electron chi connectivity index (χ1n) is 6.98. The van der Waals surface area contributed by atoms with Crippen LogP contribution in [-0.4, -0.2) is 28.7 Å². The van der Waals surface area contributed by atoms with Crippen LogP contribution >= 0.6 is 0 Å². The van der Waals surface area contributed by atoms with E-state index in [-0.39, 0.29) is 17.9 Å². The zero-order valence-electron chi connectivity index (χ0n) is 12.5. The van der Waals surface area contributed by atoms with Crippen LogP contribution in [-0.2, 0) is 17.6 Å².